The molecule has 3 atom stereocenters. The number of rotatable bonds is 3. The van der Waals surface area contributed by atoms with Crippen LogP contribution >= 0.6 is 11.8 Å². The van der Waals surface area contributed by atoms with Gasteiger partial charge in [-0.25, -0.2) is 8.42 Å². The van der Waals surface area contributed by atoms with Gasteiger partial charge in [0.2, 0.25) is 10.0 Å². The van der Waals surface area contributed by atoms with Crippen molar-refractivity contribution in [3.05, 3.63) is 0 Å². The van der Waals surface area contributed by atoms with E-state index >= 15 is 0 Å². The number of hydrogen-bond acceptors (Lipinski definition) is 4. The molecule has 0 radical (unpaired) electrons. The Kier molecular flexibility index (Phi) is 4.46. The van der Waals surface area contributed by atoms with E-state index in [1.165, 1.54) is 4.31 Å². The summed E-state index contributed by atoms with van der Waals surface area (Å²) in [4.78, 5) is 0. The third-order valence-electron chi connectivity index (χ3n) is 2.92. The van der Waals surface area contributed by atoms with Crippen LogP contribution in [-0.2, 0) is 10.0 Å². The Hall–Kier alpha value is 0.220. The molecule has 90 valence electrons. The molecule has 1 rings (SSSR count). The Labute approximate surface area is 96.1 Å². The van der Waals surface area contributed by atoms with Crippen LogP contribution in [-0.4, -0.2) is 53.3 Å². The van der Waals surface area contributed by atoms with E-state index in [0.29, 0.717) is 11.8 Å². The number of aliphatic hydroxyl groups excluding tert-OH is 1. The minimum Gasteiger partial charge on any atom is -0.395 e. The summed E-state index contributed by atoms with van der Waals surface area (Å²) in [5.74, 6) is 0.836. The van der Waals surface area contributed by atoms with Crippen LogP contribution in [0.2, 0.25) is 0 Å². The monoisotopic (exact) mass is 253 g/mol. The van der Waals surface area contributed by atoms with Gasteiger partial charge >= 0.3 is 0 Å². The van der Waals surface area contributed by atoms with E-state index in [4.69, 9.17) is 5.11 Å². The number of thioether (sulfide) groups is 1. The minimum absolute atomic E-state index is 0.0164. The van der Waals surface area contributed by atoms with E-state index in [-0.39, 0.29) is 12.6 Å². The zero-order chi connectivity index (χ0) is 11.6. The van der Waals surface area contributed by atoms with Crippen molar-refractivity contribution in [2.24, 2.45) is 0 Å². The van der Waals surface area contributed by atoms with Crippen LogP contribution in [0.3, 0.4) is 0 Å². The molecule has 1 saturated heterocycles. The third kappa shape index (κ3) is 2.67. The molecule has 4 nitrogen and oxygen atoms in total. The molecule has 1 fully saturated rings. The lowest BCUT2D eigenvalue weighted by Crippen LogP contribution is -2.51. The van der Waals surface area contributed by atoms with E-state index in [1.54, 1.807) is 18.7 Å². The van der Waals surface area contributed by atoms with Crippen molar-refractivity contribution in [2.45, 2.75) is 37.3 Å². The SMILES string of the molecule is CC1SCCN(S(=O)(=O)C(C)CO)C1C. The maximum atomic E-state index is 12.0. The molecule has 0 aromatic heterocycles. The molecule has 0 bridgehead atoms. The van der Waals surface area contributed by atoms with Crippen molar-refractivity contribution in [3.8, 4) is 0 Å². The fourth-order valence-corrected chi connectivity index (χ4v) is 4.52. The quantitative estimate of drug-likeness (QED) is 0.797. The first-order valence-electron chi connectivity index (χ1n) is 5.14. The standard InChI is InChI=1S/C9H19NO3S2/c1-7(6-11)15(12,13)10-4-5-14-9(3)8(10)2/h7-9,11H,4-6H2,1-3H3. The van der Waals surface area contributed by atoms with Crippen molar-refractivity contribution < 1.29 is 13.5 Å². The summed E-state index contributed by atoms with van der Waals surface area (Å²) in [5, 5.41) is 8.56. The van der Waals surface area contributed by atoms with Gasteiger partial charge in [-0.2, -0.15) is 16.1 Å². The summed E-state index contributed by atoms with van der Waals surface area (Å²) in [7, 11) is -3.32. The summed E-state index contributed by atoms with van der Waals surface area (Å²) in [6.45, 7) is 5.77. The summed E-state index contributed by atoms with van der Waals surface area (Å²) in [6.07, 6.45) is 0. The fraction of sp³-hybridized carbons (Fsp3) is 1.00. The van der Waals surface area contributed by atoms with Gasteiger partial charge < -0.3 is 5.11 Å². The topological polar surface area (TPSA) is 57.6 Å². The normalized spacial score (nSPS) is 31.5. The van der Waals surface area contributed by atoms with Gasteiger partial charge in [-0.3, -0.25) is 0 Å². The molecule has 0 spiro atoms. The third-order valence-corrected chi connectivity index (χ3v) is 6.59. The number of aliphatic hydroxyl groups is 1. The summed E-state index contributed by atoms with van der Waals surface area (Å²) >= 11 is 1.80. The predicted octanol–water partition coefficient (Wildman–Crippen LogP) is 0.523. The van der Waals surface area contributed by atoms with Gasteiger partial charge in [-0.05, 0) is 13.8 Å². The number of hydrogen-bond donors (Lipinski definition) is 1. The van der Waals surface area contributed by atoms with Gasteiger partial charge in [0.15, 0.2) is 0 Å². The number of nitrogens with zero attached hydrogens (tertiary/aromatic N) is 1. The Morgan fingerprint density at radius 1 is 1.53 bits per heavy atom. The van der Waals surface area contributed by atoms with E-state index in [9.17, 15) is 8.42 Å². The lowest BCUT2D eigenvalue weighted by molar-refractivity contribution is 0.281. The highest BCUT2D eigenvalue weighted by atomic mass is 32.2. The molecule has 0 aromatic carbocycles. The smallest absolute Gasteiger partial charge is 0.219 e. The predicted molar refractivity (Wildman–Crippen MR) is 63.6 cm³/mol. The highest BCUT2D eigenvalue weighted by molar-refractivity contribution is 8.00. The lowest BCUT2D eigenvalue weighted by Gasteiger charge is -2.37. The maximum Gasteiger partial charge on any atom is 0.219 e. The Bertz CT molecular complexity index is 304. The molecular formula is C9H19NO3S2. The van der Waals surface area contributed by atoms with Crippen LogP contribution in [0, 0.1) is 0 Å². The van der Waals surface area contributed by atoms with E-state index in [1.807, 2.05) is 13.8 Å². The van der Waals surface area contributed by atoms with Gasteiger partial charge in [-0.15, -0.1) is 0 Å². The Morgan fingerprint density at radius 2 is 2.13 bits per heavy atom. The first kappa shape index (κ1) is 13.3. The average Bonchev–Trinajstić information content (AvgIpc) is 2.20. The van der Waals surface area contributed by atoms with Crippen LogP contribution in [0.25, 0.3) is 0 Å². The van der Waals surface area contributed by atoms with Gasteiger partial charge in [0.25, 0.3) is 0 Å². The number of sulfonamides is 1. The molecule has 3 unspecified atom stereocenters. The van der Waals surface area contributed by atoms with E-state index < -0.39 is 15.3 Å². The first-order chi connectivity index (χ1) is 6.91. The van der Waals surface area contributed by atoms with Crippen molar-refractivity contribution >= 4 is 21.8 Å². The minimum atomic E-state index is -3.32. The van der Waals surface area contributed by atoms with Crippen LogP contribution in [0.5, 0.6) is 0 Å². The summed E-state index contributed by atoms with van der Waals surface area (Å²) in [6, 6.07) is 0.0164. The maximum absolute atomic E-state index is 12.0. The highest BCUT2D eigenvalue weighted by Gasteiger charge is 2.36. The van der Waals surface area contributed by atoms with E-state index in [2.05, 4.69) is 0 Å². The van der Waals surface area contributed by atoms with Crippen molar-refractivity contribution in [3.63, 3.8) is 0 Å². The van der Waals surface area contributed by atoms with E-state index in [0.717, 1.165) is 5.75 Å². The molecule has 1 heterocycles. The zero-order valence-electron chi connectivity index (χ0n) is 9.38. The summed E-state index contributed by atoms with van der Waals surface area (Å²) in [5.41, 5.74) is 0. The van der Waals surface area contributed by atoms with Crippen molar-refractivity contribution in [1.29, 1.82) is 0 Å². The van der Waals surface area contributed by atoms with Crippen molar-refractivity contribution in [2.75, 3.05) is 18.9 Å². The molecule has 6 heteroatoms. The Morgan fingerprint density at radius 3 is 2.67 bits per heavy atom. The molecule has 0 saturated carbocycles. The van der Waals surface area contributed by atoms with Crippen LogP contribution in [0.1, 0.15) is 20.8 Å². The van der Waals surface area contributed by atoms with Crippen LogP contribution in [0.4, 0.5) is 0 Å². The van der Waals surface area contributed by atoms with Crippen LogP contribution < -0.4 is 0 Å². The zero-order valence-corrected chi connectivity index (χ0v) is 11.0. The van der Waals surface area contributed by atoms with Gasteiger partial charge in [0, 0.05) is 23.6 Å². The average molecular weight is 253 g/mol. The van der Waals surface area contributed by atoms with Gasteiger partial charge in [0.05, 0.1) is 11.9 Å². The molecule has 15 heavy (non-hydrogen) atoms. The second kappa shape index (κ2) is 5.03. The highest BCUT2D eigenvalue weighted by Crippen LogP contribution is 2.27. The largest absolute Gasteiger partial charge is 0.395 e. The lowest BCUT2D eigenvalue weighted by atomic mass is 10.2. The van der Waals surface area contributed by atoms with Crippen molar-refractivity contribution in [1.82, 2.24) is 4.31 Å². The molecule has 0 aliphatic carbocycles. The fourth-order valence-electron chi connectivity index (χ4n) is 1.59. The molecule has 1 N–H and O–H groups in total. The molecule has 0 amide bonds. The molecule has 1 aliphatic rings. The van der Waals surface area contributed by atoms with Crippen LogP contribution in [0.15, 0.2) is 0 Å². The second-order valence-electron chi connectivity index (χ2n) is 3.97. The van der Waals surface area contributed by atoms with Gasteiger partial charge in [-0.1, -0.05) is 6.92 Å². The molecular weight excluding hydrogens is 234 g/mol. The van der Waals surface area contributed by atoms with Gasteiger partial charge in [0.1, 0.15) is 0 Å². The molecule has 0 aromatic rings. The first-order valence-corrected chi connectivity index (χ1v) is 7.69. The molecule has 1 aliphatic heterocycles. The summed E-state index contributed by atoms with van der Waals surface area (Å²) < 4.78 is 25.6. The Balaban J connectivity index is 2.86. The second-order valence-corrected chi connectivity index (χ2v) is 7.75.